The number of carboxylic acid groups (broad SMARTS) is 1. The van der Waals surface area contributed by atoms with Crippen LogP contribution in [0.4, 0.5) is 0 Å². The monoisotopic (exact) mass is 225 g/mol. The second-order valence-corrected chi connectivity index (χ2v) is 3.80. The maximum atomic E-state index is 11.7. The minimum absolute atomic E-state index is 0.0956. The number of aryl methyl sites for hydroxylation is 2. The summed E-state index contributed by atoms with van der Waals surface area (Å²) in [7, 11) is 0. The van der Waals surface area contributed by atoms with E-state index < -0.39 is 12.0 Å². The highest BCUT2D eigenvalue weighted by Gasteiger charge is 2.16. The molecule has 2 N–H and O–H groups in total. The first-order valence-corrected chi connectivity index (χ1v) is 5.00. The number of aliphatic carboxylic acids is 1. The van der Waals surface area contributed by atoms with Gasteiger partial charge in [-0.2, -0.15) is 0 Å². The van der Waals surface area contributed by atoms with E-state index in [0.29, 0.717) is 17.1 Å². The van der Waals surface area contributed by atoms with Crippen LogP contribution in [-0.4, -0.2) is 23.0 Å². The molecule has 0 aliphatic carbocycles. The Hall–Kier alpha value is -1.78. The van der Waals surface area contributed by atoms with Gasteiger partial charge in [0, 0.05) is 6.04 Å². The molecule has 16 heavy (non-hydrogen) atoms. The van der Waals surface area contributed by atoms with Gasteiger partial charge in [-0.1, -0.05) is 0 Å². The lowest BCUT2D eigenvalue weighted by Crippen LogP contribution is -2.34. The first-order valence-electron chi connectivity index (χ1n) is 5.00. The molecule has 88 valence electrons. The zero-order valence-electron chi connectivity index (χ0n) is 9.53. The zero-order chi connectivity index (χ0) is 12.3. The zero-order valence-corrected chi connectivity index (χ0v) is 9.53. The predicted octanol–water partition coefficient (Wildman–Crippen LogP) is 1.49. The lowest BCUT2D eigenvalue weighted by atomic mass is 10.2. The first-order chi connectivity index (χ1) is 7.40. The molecule has 0 aliphatic rings. The van der Waals surface area contributed by atoms with Gasteiger partial charge in [-0.15, -0.1) is 0 Å². The number of hydrogen-bond acceptors (Lipinski definition) is 3. The molecule has 1 atom stereocenters. The predicted molar refractivity (Wildman–Crippen MR) is 57.4 cm³/mol. The molecule has 0 saturated carbocycles. The van der Waals surface area contributed by atoms with E-state index >= 15 is 0 Å². The molecular formula is C11H15NO4. The maximum Gasteiger partial charge on any atom is 0.305 e. The van der Waals surface area contributed by atoms with E-state index in [4.69, 9.17) is 9.52 Å². The number of furan rings is 1. The van der Waals surface area contributed by atoms with Crippen LogP contribution in [0, 0.1) is 13.8 Å². The van der Waals surface area contributed by atoms with Crippen LogP contribution in [0.2, 0.25) is 0 Å². The van der Waals surface area contributed by atoms with Gasteiger partial charge >= 0.3 is 5.97 Å². The van der Waals surface area contributed by atoms with Gasteiger partial charge < -0.3 is 14.8 Å². The Morgan fingerprint density at radius 2 is 2.12 bits per heavy atom. The molecule has 0 radical (unpaired) electrons. The minimum atomic E-state index is -0.937. The molecule has 0 bridgehead atoms. The van der Waals surface area contributed by atoms with Crippen molar-refractivity contribution in [2.75, 3.05) is 0 Å². The molecule has 1 heterocycles. The van der Waals surface area contributed by atoms with Crippen LogP contribution < -0.4 is 5.32 Å². The van der Waals surface area contributed by atoms with Gasteiger partial charge in [0.05, 0.1) is 12.0 Å². The fourth-order valence-electron chi connectivity index (χ4n) is 1.47. The van der Waals surface area contributed by atoms with Crippen LogP contribution in [0.1, 0.15) is 35.2 Å². The van der Waals surface area contributed by atoms with Crippen LogP contribution in [0.25, 0.3) is 0 Å². The SMILES string of the molecule is Cc1cc(C(=O)NC(C)CC(=O)O)c(C)o1. The quantitative estimate of drug-likeness (QED) is 0.813. The van der Waals surface area contributed by atoms with E-state index in [1.807, 2.05) is 0 Å². The summed E-state index contributed by atoms with van der Waals surface area (Å²) in [5, 5.41) is 11.2. The summed E-state index contributed by atoms with van der Waals surface area (Å²) in [4.78, 5) is 22.1. The molecule has 0 saturated heterocycles. The third-order valence-corrected chi connectivity index (χ3v) is 2.14. The number of carbonyl (C=O) groups is 2. The Kier molecular flexibility index (Phi) is 3.71. The molecule has 1 rings (SSSR count). The topological polar surface area (TPSA) is 79.5 Å². The fraction of sp³-hybridized carbons (Fsp3) is 0.455. The van der Waals surface area contributed by atoms with Crippen molar-refractivity contribution >= 4 is 11.9 Å². The first kappa shape index (κ1) is 12.3. The van der Waals surface area contributed by atoms with Crippen molar-refractivity contribution in [1.29, 1.82) is 0 Å². The summed E-state index contributed by atoms with van der Waals surface area (Å²) in [6.07, 6.45) is -0.0956. The van der Waals surface area contributed by atoms with E-state index in [2.05, 4.69) is 5.32 Å². The Bertz CT molecular complexity index is 408. The molecule has 5 nitrogen and oxygen atoms in total. The van der Waals surface area contributed by atoms with Crippen LogP contribution in [0.5, 0.6) is 0 Å². The fourth-order valence-corrected chi connectivity index (χ4v) is 1.47. The summed E-state index contributed by atoms with van der Waals surface area (Å²) in [5.41, 5.74) is 0.453. The van der Waals surface area contributed by atoms with Crippen molar-refractivity contribution < 1.29 is 19.1 Å². The van der Waals surface area contributed by atoms with E-state index in [9.17, 15) is 9.59 Å². The van der Waals surface area contributed by atoms with Gasteiger partial charge in [-0.25, -0.2) is 0 Å². The molecule has 5 heteroatoms. The van der Waals surface area contributed by atoms with Gasteiger partial charge in [0.15, 0.2) is 0 Å². The third-order valence-electron chi connectivity index (χ3n) is 2.14. The van der Waals surface area contributed by atoms with Crippen molar-refractivity contribution in [2.24, 2.45) is 0 Å². The molecule has 1 amide bonds. The summed E-state index contributed by atoms with van der Waals surface area (Å²) < 4.78 is 5.22. The third kappa shape index (κ3) is 3.12. The van der Waals surface area contributed by atoms with Gasteiger partial charge in [-0.05, 0) is 26.8 Å². The normalized spacial score (nSPS) is 12.2. The lowest BCUT2D eigenvalue weighted by Gasteiger charge is -2.10. The van der Waals surface area contributed by atoms with Gasteiger partial charge in [0.1, 0.15) is 11.5 Å². The van der Waals surface area contributed by atoms with E-state index in [1.165, 1.54) is 0 Å². The maximum absolute atomic E-state index is 11.7. The van der Waals surface area contributed by atoms with Crippen molar-refractivity contribution in [1.82, 2.24) is 5.32 Å². The van der Waals surface area contributed by atoms with Crippen molar-refractivity contribution in [3.05, 3.63) is 23.2 Å². The number of carboxylic acids is 1. The molecule has 0 aromatic carbocycles. The average Bonchev–Trinajstić information content (AvgIpc) is 2.43. The Morgan fingerprint density at radius 3 is 2.56 bits per heavy atom. The highest BCUT2D eigenvalue weighted by molar-refractivity contribution is 5.95. The van der Waals surface area contributed by atoms with Crippen LogP contribution in [-0.2, 0) is 4.79 Å². The largest absolute Gasteiger partial charge is 0.481 e. The standard InChI is InChI=1S/C11H15NO4/c1-6(4-10(13)14)12-11(15)9-5-7(2)16-8(9)3/h5-6H,4H2,1-3H3,(H,12,15)(H,13,14). The summed E-state index contributed by atoms with van der Waals surface area (Å²) in [5.74, 6) is -0.0398. The summed E-state index contributed by atoms with van der Waals surface area (Å²) in [6, 6.07) is 1.23. The van der Waals surface area contributed by atoms with Crippen molar-refractivity contribution in [3.63, 3.8) is 0 Å². The summed E-state index contributed by atoms with van der Waals surface area (Å²) in [6.45, 7) is 5.10. The van der Waals surface area contributed by atoms with Crippen LogP contribution in [0.3, 0.4) is 0 Å². The summed E-state index contributed by atoms with van der Waals surface area (Å²) >= 11 is 0. The molecule has 0 spiro atoms. The number of amides is 1. The van der Waals surface area contributed by atoms with E-state index in [1.54, 1.807) is 26.8 Å². The second-order valence-electron chi connectivity index (χ2n) is 3.80. The molecule has 1 aromatic heterocycles. The smallest absolute Gasteiger partial charge is 0.305 e. The lowest BCUT2D eigenvalue weighted by molar-refractivity contribution is -0.137. The minimum Gasteiger partial charge on any atom is -0.481 e. The molecular weight excluding hydrogens is 210 g/mol. The van der Waals surface area contributed by atoms with Gasteiger partial charge in [0.2, 0.25) is 0 Å². The number of nitrogens with one attached hydrogen (secondary N) is 1. The van der Waals surface area contributed by atoms with Crippen molar-refractivity contribution in [3.8, 4) is 0 Å². The Balaban J connectivity index is 2.65. The van der Waals surface area contributed by atoms with E-state index in [0.717, 1.165) is 0 Å². The van der Waals surface area contributed by atoms with Crippen molar-refractivity contribution in [2.45, 2.75) is 33.2 Å². The average molecular weight is 225 g/mol. The number of rotatable bonds is 4. The number of carbonyl (C=O) groups excluding carboxylic acids is 1. The number of hydrogen-bond donors (Lipinski definition) is 2. The van der Waals surface area contributed by atoms with Crippen LogP contribution >= 0.6 is 0 Å². The van der Waals surface area contributed by atoms with Crippen LogP contribution in [0.15, 0.2) is 10.5 Å². The molecule has 0 aliphatic heterocycles. The second kappa shape index (κ2) is 4.83. The Labute approximate surface area is 93.4 Å². The Morgan fingerprint density at radius 1 is 1.50 bits per heavy atom. The highest BCUT2D eigenvalue weighted by atomic mass is 16.4. The molecule has 0 fully saturated rings. The molecule has 1 unspecified atom stereocenters. The highest BCUT2D eigenvalue weighted by Crippen LogP contribution is 2.13. The van der Waals surface area contributed by atoms with Gasteiger partial charge in [-0.3, -0.25) is 9.59 Å². The molecule has 1 aromatic rings. The van der Waals surface area contributed by atoms with Gasteiger partial charge in [0.25, 0.3) is 5.91 Å². The van der Waals surface area contributed by atoms with E-state index in [-0.39, 0.29) is 12.3 Å².